The lowest BCUT2D eigenvalue weighted by Gasteiger charge is -2.03. The van der Waals surface area contributed by atoms with Crippen LogP contribution in [0.5, 0.6) is 0 Å². The number of nitrogens with zero attached hydrogens (tertiary/aromatic N) is 2. The van der Waals surface area contributed by atoms with Crippen LogP contribution in [0.2, 0.25) is 0 Å². The van der Waals surface area contributed by atoms with Gasteiger partial charge in [-0.25, -0.2) is 4.39 Å². The van der Waals surface area contributed by atoms with Crippen LogP contribution in [0.1, 0.15) is 10.4 Å². The number of rotatable bonds is 2. The SMILES string of the molecule is Cn1cc(NC(=O)c2ccc(F)c(Br)c2)cn1. The molecule has 0 aliphatic heterocycles. The first-order valence-corrected chi connectivity index (χ1v) is 5.60. The first-order valence-electron chi connectivity index (χ1n) is 4.81. The van der Waals surface area contributed by atoms with Crippen molar-refractivity contribution >= 4 is 27.5 Å². The van der Waals surface area contributed by atoms with Crippen LogP contribution in [0.4, 0.5) is 10.1 Å². The molecule has 2 rings (SSSR count). The molecule has 1 heterocycles. The average Bonchev–Trinajstić information content (AvgIpc) is 2.68. The highest BCUT2D eigenvalue weighted by Gasteiger charge is 2.09. The van der Waals surface area contributed by atoms with E-state index in [-0.39, 0.29) is 10.4 Å². The van der Waals surface area contributed by atoms with Crippen molar-refractivity contribution in [1.82, 2.24) is 9.78 Å². The number of carbonyl (C=O) groups is 1. The number of hydrogen-bond acceptors (Lipinski definition) is 2. The van der Waals surface area contributed by atoms with Gasteiger partial charge in [0.25, 0.3) is 5.91 Å². The third kappa shape index (κ3) is 2.71. The van der Waals surface area contributed by atoms with Gasteiger partial charge in [0.15, 0.2) is 0 Å². The molecule has 6 heteroatoms. The second-order valence-corrected chi connectivity index (χ2v) is 4.34. The molecule has 0 atom stereocenters. The molecule has 0 aliphatic rings. The monoisotopic (exact) mass is 297 g/mol. The Morgan fingerprint density at radius 1 is 1.53 bits per heavy atom. The van der Waals surface area contributed by atoms with Crippen LogP contribution in [0.25, 0.3) is 0 Å². The van der Waals surface area contributed by atoms with Gasteiger partial charge in [-0.1, -0.05) is 0 Å². The molecule has 1 aromatic carbocycles. The molecule has 2 aromatic rings. The maximum Gasteiger partial charge on any atom is 0.255 e. The van der Waals surface area contributed by atoms with Crippen LogP contribution in [0.3, 0.4) is 0 Å². The van der Waals surface area contributed by atoms with Gasteiger partial charge < -0.3 is 5.32 Å². The van der Waals surface area contributed by atoms with Crippen molar-refractivity contribution in [1.29, 1.82) is 0 Å². The van der Waals surface area contributed by atoms with Crippen molar-refractivity contribution in [2.75, 3.05) is 5.32 Å². The summed E-state index contributed by atoms with van der Waals surface area (Å²) >= 11 is 3.03. The average molecular weight is 298 g/mol. The first kappa shape index (κ1) is 11.8. The third-order valence-corrected chi connectivity index (χ3v) is 2.75. The molecule has 0 radical (unpaired) electrons. The van der Waals surface area contributed by atoms with E-state index in [1.807, 2.05) is 0 Å². The van der Waals surface area contributed by atoms with Crippen molar-refractivity contribution < 1.29 is 9.18 Å². The van der Waals surface area contributed by atoms with Gasteiger partial charge in [0.1, 0.15) is 5.82 Å². The van der Waals surface area contributed by atoms with Crippen LogP contribution in [-0.4, -0.2) is 15.7 Å². The number of hydrogen-bond donors (Lipinski definition) is 1. The molecule has 1 amide bonds. The Hall–Kier alpha value is -1.69. The van der Waals surface area contributed by atoms with Crippen LogP contribution in [0.15, 0.2) is 35.1 Å². The summed E-state index contributed by atoms with van der Waals surface area (Å²) in [6.45, 7) is 0. The lowest BCUT2D eigenvalue weighted by Crippen LogP contribution is -2.11. The molecule has 88 valence electrons. The Bertz CT molecular complexity index is 568. The van der Waals surface area contributed by atoms with Gasteiger partial charge >= 0.3 is 0 Å². The summed E-state index contributed by atoms with van der Waals surface area (Å²) in [5.41, 5.74) is 0.972. The van der Waals surface area contributed by atoms with Gasteiger partial charge in [-0.2, -0.15) is 5.10 Å². The number of aryl methyl sites for hydroxylation is 1. The van der Waals surface area contributed by atoms with Gasteiger partial charge in [0.05, 0.1) is 16.4 Å². The molecule has 0 saturated carbocycles. The summed E-state index contributed by atoms with van der Waals surface area (Å²) in [6.07, 6.45) is 3.22. The molecule has 1 N–H and O–H groups in total. The second-order valence-electron chi connectivity index (χ2n) is 3.49. The van der Waals surface area contributed by atoms with Crippen molar-refractivity contribution in [2.45, 2.75) is 0 Å². The summed E-state index contributed by atoms with van der Waals surface area (Å²) in [5, 5.41) is 6.59. The van der Waals surface area contributed by atoms with E-state index in [0.29, 0.717) is 11.3 Å². The topological polar surface area (TPSA) is 46.9 Å². The summed E-state index contributed by atoms with van der Waals surface area (Å²) in [5.74, 6) is -0.707. The van der Waals surface area contributed by atoms with Crippen molar-refractivity contribution in [3.05, 3.63) is 46.4 Å². The van der Waals surface area contributed by atoms with Crippen LogP contribution in [0, 0.1) is 5.82 Å². The Kier molecular flexibility index (Phi) is 3.23. The Balaban J connectivity index is 2.17. The fourth-order valence-electron chi connectivity index (χ4n) is 1.33. The van der Waals surface area contributed by atoms with Crippen molar-refractivity contribution in [3.8, 4) is 0 Å². The van der Waals surface area contributed by atoms with Gasteiger partial charge in [-0.3, -0.25) is 9.48 Å². The molecule has 0 bridgehead atoms. The van der Waals surface area contributed by atoms with E-state index in [0.717, 1.165) is 0 Å². The minimum Gasteiger partial charge on any atom is -0.319 e. The molecular formula is C11H9BrFN3O. The van der Waals surface area contributed by atoms with E-state index in [9.17, 15) is 9.18 Å². The zero-order chi connectivity index (χ0) is 12.4. The predicted molar refractivity (Wildman–Crippen MR) is 65.3 cm³/mol. The summed E-state index contributed by atoms with van der Waals surface area (Å²) < 4.78 is 14.8. The number of amides is 1. The summed E-state index contributed by atoms with van der Waals surface area (Å²) in [4.78, 5) is 11.8. The maximum atomic E-state index is 13.0. The van der Waals surface area contributed by atoms with Crippen LogP contribution < -0.4 is 5.32 Å². The van der Waals surface area contributed by atoms with E-state index in [4.69, 9.17) is 0 Å². The van der Waals surface area contributed by atoms with E-state index < -0.39 is 5.82 Å². The Labute approximate surface area is 106 Å². The summed E-state index contributed by atoms with van der Waals surface area (Å²) in [7, 11) is 1.75. The molecule has 0 spiro atoms. The van der Waals surface area contributed by atoms with Crippen molar-refractivity contribution in [3.63, 3.8) is 0 Å². The van der Waals surface area contributed by atoms with Gasteiger partial charge in [-0.05, 0) is 34.1 Å². The van der Waals surface area contributed by atoms with E-state index >= 15 is 0 Å². The minimum atomic E-state index is -0.400. The van der Waals surface area contributed by atoms with Crippen molar-refractivity contribution in [2.24, 2.45) is 7.05 Å². The van der Waals surface area contributed by atoms with Gasteiger partial charge in [0.2, 0.25) is 0 Å². The fourth-order valence-corrected chi connectivity index (χ4v) is 1.71. The van der Waals surface area contributed by atoms with Gasteiger partial charge in [-0.15, -0.1) is 0 Å². The molecule has 0 aliphatic carbocycles. The third-order valence-electron chi connectivity index (χ3n) is 2.14. The zero-order valence-corrected chi connectivity index (χ0v) is 10.5. The highest BCUT2D eigenvalue weighted by atomic mass is 79.9. The number of anilines is 1. The van der Waals surface area contributed by atoms with E-state index in [2.05, 4.69) is 26.3 Å². The van der Waals surface area contributed by atoms with E-state index in [1.54, 1.807) is 17.9 Å². The number of halogens is 2. The Morgan fingerprint density at radius 3 is 2.88 bits per heavy atom. The summed E-state index contributed by atoms with van der Waals surface area (Å²) in [6, 6.07) is 4.09. The fraction of sp³-hybridized carbons (Fsp3) is 0.0909. The van der Waals surface area contributed by atoms with Gasteiger partial charge in [0, 0.05) is 18.8 Å². The van der Waals surface area contributed by atoms with Crippen LogP contribution in [-0.2, 0) is 7.05 Å². The van der Waals surface area contributed by atoms with Crippen LogP contribution >= 0.6 is 15.9 Å². The second kappa shape index (κ2) is 4.67. The number of aromatic nitrogens is 2. The van der Waals surface area contributed by atoms with E-state index in [1.165, 1.54) is 24.4 Å². The first-order chi connectivity index (χ1) is 8.06. The lowest BCUT2D eigenvalue weighted by molar-refractivity contribution is 0.102. The molecule has 0 fully saturated rings. The molecular weight excluding hydrogens is 289 g/mol. The zero-order valence-electron chi connectivity index (χ0n) is 8.95. The molecule has 17 heavy (non-hydrogen) atoms. The minimum absolute atomic E-state index is 0.260. The maximum absolute atomic E-state index is 13.0. The molecule has 0 unspecified atom stereocenters. The Morgan fingerprint density at radius 2 is 2.29 bits per heavy atom. The highest BCUT2D eigenvalue weighted by molar-refractivity contribution is 9.10. The largest absolute Gasteiger partial charge is 0.319 e. The lowest BCUT2D eigenvalue weighted by atomic mass is 10.2. The standard InChI is InChI=1S/C11H9BrFN3O/c1-16-6-8(5-14-16)15-11(17)7-2-3-10(13)9(12)4-7/h2-6H,1H3,(H,15,17). The molecule has 1 aromatic heterocycles. The number of benzene rings is 1. The normalized spacial score (nSPS) is 10.3. The highest BCUT2D eigenvalue weighted by Crippen LogP contribution is 2.17. The number of nitrogens with one attached hydrogen (secondary N) is 1. The smallest absolute Gasteiger partial charge is 0.255 e. The number of carbonyl (C=O) groups excluding carboxylic acids is 1. The quantitative estimate of drug-likeness (QED) is 0.926. The molecule has 0 saturated heterocycles. The predicted octanol–water partition coefficient (Wildman–Crippen LogP) is 2.57. The molecule has 4 nitrogen and oxygen atoms in total.